The van der Waals surface area contributed by atoms with Gasteiger partial charge < -0.3 is 5.73 Å². The maximum absolute atomic E-state index is 6.30. The number of rotatable bonds is 3. The van der Waals surface area contributed by atoms with Gasteiger partial charge in [0, 0.05) is 15.8 Å². The molecule has 0 spiro atoms. The van der Waals surface area contributed by atoms with Crippen molar-refractivity contribution in [3.63, 3.8) is 0 Å². The average molecular weight is 211 g/mol. The zero-order chi connectivity index (χ0) is 10.9. The summed E-state index contributed by atoms with van der Waals surface area (Å²) in [5, 5.41) is 0. The number of hydrogen-bond acceptors (Lipinski definition) is 2. The van der Waals surface area contributed by atoms with Gasteiger partial charge in [0.25, 0.3) is 0 Å². The smallest absolute Gasteiger partial charge is 0.0357 e. The predicted molar refractivity (Wildman–Crippen MR) is 64.8 cm³/mol. The number of thiophene rings is 1. The molecular formula is C12H21NS. The van der Waals surface area contributed by atoms with Crippen LogP contribution in [-0.4, -0.2) is 0 Å². The van der Waals surface area contributed by atoms with Crippen molar-refractivity contribution in [1.82, 2.24) is 0 Å². The van der Waals surface area contributed by atoms with Gasteiger partial charge in [0.15, 0.2) is 0 Å². The van der Waals surface area contributed by atoms with Gasteiger partial charge in [-0.15, -0.1) is 11.3 Å². The van der Waals surface area contributed by atoms with E-state index >= 15 is 0 Å². The van der Waals surface area contributed by atoms with Crippen molar-refractivity contribution in [3.05, 3.63) is 21.4 Å². The minimum Gasteiger partial charge on any atom is -0.323 e. The van der Waals surface area contributed by atoms with Crippen LogP contribution in [0.4, 0.5) is 0 Å². The SMILES string of the molecule is CCC(C)(C)C(N)c1cc(C)sc1C. The molecule has 1 atom stereocenters. The van der Waals surface area contributed by atoms with Gasteiger partial charge in [0.1, 0.15) is 0 Å². The van der Waals surface area contributed by atoms with E-state index in [-0.39, 0.29) is 11.5 Å². The Hall–Kier alpha value is -0.340. The van der Waals surface area contributed by atoms with E-state index in [4.69, 9.17) is 5.73 Å². The van der Waals surface area contributed by atoms with E-state index in [1.54, 1.807) is 0 Å². The summed E-state index contributed by atoms with van der Waals surface area (Å²) < 4.78 is 0. The fourth-order valence-electron chi connectivity index (χ4n) is 1.60. The second-order valence-corrected chi connectivity index (χ2v) is 6.15. The minimum atomic E-state index is 0.164. The highest BCUT2D eigenvalue weighted by molar-refractivity contribution is 7.12. The summed E-state index contributed by atoms with van der Waals surface area (Å²) in [5.41, 5.74) is 7.83. The molecule has 1 heterocycles. The number of aryl methyl sites for hydroxylation is 2. The van der Waals surface area contributed by atoms with Crippen LogP contribution in [0.3, 0.4) is 0 Å². The molecule has 2 N–H and O–H groups in total. The van der Waals surface area contributed by atoms with Crippen LogP contribution in [0.2, 0.25) is 0 Å². The molecule has 0 radical (unpaired) electrons. The lowest BCUT2D eigenvalue weighted by atomic mass is 9.79. The van der Waals surface area contributed by atoms with E-state index < -0.39 is 0 Å². The Labute approximate surface area is 91.3 Å². The zero-order valence-corrected chi connectivity index (χ0v) is 10.7. The molecule has 0 aliphatic carbocycles. The lowest BCUT2D eigenvalue weighted by Crippen LogP contribution is -2.28. The van der Waals surface area contributed by atoms with Crippen molar-refractivity contribution >= 4 is 11.3 Å². The highest BCUT2D eigenvalue weighted by atomic mass is 32.1. The van der Waals surface area contributed by atoms with Crippen LogP contribution in [0, 0.1) is 19.3 Å². The molecule has 0 aliphatic heterocycles. The van der Waals surface area contributed by atoms with Crippen LogP contribution in [0.5, 0.6) is 0 Å². The monoisotopic (exact) mass is 211 g/mol. The molecule has 0 bridgehead atoms. The second kappa shape index (κ2) is 4.03. The Bertz CT molecular complexity index is 312. The zero-order valence-electron chi connectivity index (χ0n) is 9.85. The Morgan fingerprint density at radius 3 is 2.36 bits per heavy atom. The third-order valence-electron chi connectivity index (χ3n) is 3.17. The molecule has 2 heteroatoms. The maximum atomic E-state index is 6.30. The van der Waals surface area contributed by atoms with Crippen LogP contribution >= 0.6 is 11.3 Å². The predicted octanol–water partition coefficient (Wildman–Crippen LogP) is 3.80. The average Bonchev–Trinajstić information content (AvgIpc) is 2.44. The van der Waals surface area contributed by atoms with Gasteiger partial charge in [0.05, 0.1) is 0 Å². The normalized spacial score (nSPS) is 14.4. The Morgan fingerprint density at radius 1 is 1.43 bits per heavy atom. The topological polar surface area (TPSA) is 26.0 Å². The van der Waals surface area contributed by atoms with Gasteiger partial charge in [-0.2, -0.15) is 0 Å². The summed E-state index contributed by atoms with van der Waals surface area (Å²) in [6, 6.07) is 2.40. The summed E-state index contributed by atoms with van der Waals surface area (Å²) in [5.74, 6) is 0. The first-order valence-corrected chi connectivity index (χ1v) is 6.02. The lowest BCUT2D eigenvalue weighted by Gasteiger charge is -2.30. The van der Waals surface area contributed by atoms with Gasteiger partial charge in [-0.05, 0) is 37.3 Å². The van der Waals surface area contributed by atoms with Gasteiger partial charge in [-0.3, -0.25) is 0 Å². The fraction of sp³-hybridized carbons (Fsp3) is 0.667. The molecule has 1 nitrogen and oxygen atoms in total. The highest BCUT2D eigenvalue weighted by Crippen LogP contribution is 2.37. The molecule has 0 saturated carbocycles. The molecule has 14 heavy (non-hydrogen) atoms. The van der Waals surface area contributed by atoms with Gasteiger partial charge in [-0.1, -0.05) is 20.8 Å². The maximum Gasteiger partial charge on any atom is 0.0357 e. The van der Waals surface area contributed by atoms with Crippen molar-refractivity contribution in [2.45, 2.75) is 47.1 Å². The van der Waals surface area contributed by atoms with Crippen molar-refractivity contribution in [3.8, 4) is 0 Å². The minimum absolute atomic E-state index is 0.164. The van der Waals surface area contributed by atoms with Crippen LogP contribution in [0.15, 0.2) is 6.07 Å². The summed E-state index contributed by atoms with van der Waals surface area (Å²) >= 11 is 1.84. The van der Waals surface area contributed by atoms with E-state index in [1.165, 1.54) is 15.3 Å². The standard InChI is InChI=1S/C12H21NS/c1-6-12(4,5)11(13)10-7-8(2)14-9(10)3/h7,11H,6,13H2,1-5H3. The number of hydrogen-bond donors (Lipinski definition) is 1. The second-order valence-electron chi connectivity index (χ2n) is 4.69. The van der Waals surface area contributed by atoms with E-state index in [0.717, 1.165) is 6.42 Å². The molecule has 0 aromatic carbocycles. The molecule has 0 saturated heterocycles. The van der Waals surface area contributed by atoms with E-state index in [0.29, 0.717) is 0 Å². The molecule has 1 rings (SSSR count). The van der Waals surface area contributed by atoms with Gasteiger partial charge in [-0.25, -0.2) is 0 Å². The quantitative estimate of drug-likeness (QED) is 0.808. The lowest BCUT2D eigenvalue weighted by molar-refractivity contribution is 0.278. The Morgan fingerprint density at radius 2 is 2.00 bits per heavy atom. The fourth-order valence-corrected chi connectivity index (χ4v) is 2.57. The van der Waals surface area contributed by atoms with Crippen LogP contribution in [0.25, 0.3) is 0 Å². The molecule has 1 unspecified atom stereocenters. The van der Waals surface area contributed by atoms with Gasteiger partial charge in [0.2, 0.25) is 0 Å². The highest BCUT2D eigenvalue weighted by Gasteiger charge is 2.27. The van der Waals surface area contributed by atoms with Crippen molar-refractivity contribution < 1.29 is 0 Å². The van der Waals surface area contributed by atoms with E-state index in [1.807, 2.05) is 11.3 Å². The summed E-state index contributed by atoms with van der Waals surface area (Å²) in [7, 11) is 0. The largest absolute Gasteiger partial charge is 0.323 e. The van der Waals surface area contributed by atoms with Crippen molar-refractivity contribution in [1.29, 1.82) is 0 Å². The molecule has 0 aliphatic rings. The molecule has 0 fully saturated rings. The third kappa shape index (κ3) is 2.18. The molecular weight excluding hydrogens is 190 g/mol. The summed E-state index contributed by atoms with van der Waals surface area (Å²) in [6.45, 7) is 11.0. The van der Waals surface area contributed by atoms with Crippen LogP contribution in [-0.2, 0) is 0 Å². The summed E-state index contributed by atoms with van der Waals surface area (Å²) in [6.07, 6.45) is 1.11. The van der Waals surface area contributed by atoms with Crippen LogP contribution < -0.4 is 5.73 Å². The first kappa shape index (κ1) is 11.7. The Kier molecular flexibility index (Phi) is 3.38. The first-order valence-electron chi connectivity index (χ1n) is 5.21. The first-order chi connectivity index (χ1) is 6.38. The van der Waals surface area contributed by atoms with Crippen molar-refractivity contribution in [2.75, 3.05) is 0 Å². The van der Waals surface area contributed by atoms with Crippen LogP contribution in [0.1, 0.15) is 48.6 Å². The van der Waals surface area contributed by atoms with E-state index in [9.17, 15) is 0 Å². The molecule has 1 aromatic heterocycles. The van der Waals surface area contributed by atoms with Crippen molar-refractivity contribution in [2.24, 2.45) is 11.1 Å². The molecule has 1 aromatic rings. The Balaban J connectivity index is 3.00. The molecule has 80 valence electrons. The molecule has 0 amide bonds. The summed E-state index contributed by atoms with van der Waals surface area (Å²) in [4.78, 5) is 2.73. The number of nitrogens with two attached hydrogens (primary N) is 1. The van der Waals surface area contributed by atoms with E-state index in [2.05, 4.69) is 40.7 Å². The third-order valence-corrected chi connectivity index (χ3v) is 4.15. The van der Waals surface area contributed by atoms with Gasteiger partial charge >= 0.3 is 0 Å².